The molecule has 1 aliphatic carbocycles. The molecule has 26 heavy (non-hydrogen) atoms. The number of hydrogen-bond acceptors (Lipinski definition) is 3. The average molecular weight is 365 g/mol. The molecule has 1 fully saturated rings. The second kappa shape index (κ2) is 12.1. The summed E-state index contributed by atoms with van der Waals surface area (Å²) in [6, 6.07) is 0. The second-order valence-corrected chi connectivity index (χ2v) is 7.74. The van der Waals surface area contributed by atoms with E-state index in [1.165, 1.54) is 11.1 Å². The Hall–Kier alpha value is -1.39. The van der Waals surface area contributed by atoms with Crippen LogP contribution in [-0.2, 0) is 4.79 Å². The molecule has 0 bridgehead atoms. The fraction of sp³-hybridized carbons (Fsp3) is 0.682. The fourth-order valence-electron chi connectivity index (χ4n) is 3.37. The molecule has 1 saturated carbocycles. The van der Waals surface area contributed by atoms with Gasteiger partial charge in [-0.15, -0.1) is 0 Å². The minimum Gasteiger partial charge on any atom is -0.481 e. The molecule has 0 aliphatic heterocycles. The largest absolute Gasteiger partial charge is 0.481 e. The van der Waals surface area contributed by atoms with Crippen molar-refractivity contribution in [3.05, 3.63) is 35.5 Å². The van der Waals surface area contributed by atoms with Crippen LogP contribution in [0.4, 0.5) is 0 Å². The van der Waals surface area contributed by atoms with Crippen LogP contribution < -0.4 is 0 Å². The van der Waals surface area contributed by atoms with Crippen molar-refractivity contribution in [3.8, 4) is 0 Å². The Labute approximate surface area is 158 Å². The van der Waals surface area contributed by atoms with Gasteiger partial charge in [0.15, 0.2) is 0 Å². The Morgan fingerprint density at radius 1 is 1.15 bits per heavy atom. The van der Waals surface area contributed by atoms with E-state index in [1.807, 2.05) is 12.2 Å². The van der Waals surface area contributed by atoms with E-state index in [1.54, 1.807) is 0 Å². The van der Waals surface area contributed by atoms with E-state index in [0.717, 1.165) is 38.5 Å². The van der Waals surface area contributed by atoms with E-state index >= 15 is 0 Å². The molecule has 0 saturated heterocycles. The molecule has 0 aromatic heterocycles. The Morgan fingerprint density at radius 3 is 2.54 bits per heavy atom. The van der Waals surface area contributed by atoms with Crippen molar-refractivity contribution in [2.75, 3.05) is 0 Å². The number of hydrogen-bond donors (Lipinski definition) is 3. The molecule has 1 rings (SSSR count). The minimum absolute atomic E-state index is 0.189. The summed E-state index contributed by atoms with van der Waals surface area (Å²) in [5.74, 6) is -0.269. The summed E-state index contributed by atoms with van der Waals surface area (Å²) in [5.41, 5.74) is 2.65. The first-order valence-electron chi connectivity index (χ1n) is 9.85. The number of unbranched alkanes of at least 4 members (excludes halogenated alkanes) is 1. The highest BCUT2D eigenvalue weighted by molar-refractivity contribution is 5.66. The molecule has 4 nitrogen and oxygen atoms in total. The molecule has 1 aliphatic rings. The van der Waals surface area contributed by atoms with E-state index in [0.29, 0.717) is 12.3 Å². The van der Waals surface area contributed by atoms with Gasteiger partial charge in [0.1, 0.15) is 0 Å². The molecular formula is C22H36O4. The molecular weight excluding hydrogens is 328 g/mol. The van der Waals surface area contributed by atoms with Crippen LogP contribution in [0, 0.1) is 11.8 Å². The highest BCUT2D eigenvalue weighted by Crippen LogP contribution is 2.36. The highest BCUT2D eigenvalue weighted by atomic mass is 16.4. The van der Waals surface area contributed by atoms with Gasteiger partial charge in [0.05, 0.1) is 12.2 Å². The van der Waals surface area contributed by atoms with Crippen molar-refractivity contribution < 1.29 is 20.1 Å². The Kier molecular flexibility index (Phi) is 10.5. The highest BCUT2D eigenvalue weighted by Gasteiger charge is 2.32. The molecule has 4 heteroatoms. The van der Waals surface area contributed by atoms with Crippen LogP contribution in [0.5, 0.6) is 0 Å². The number of allylic oxidation sites excluding steroid dienone is 5. The number of carboxylic acid groups (broad SMARTS) is 1. The van der Waals surface area contributed by atoms with Gasteiger partial charge in [-0.25, -0.2) is 0 Å². The van der Waals surface area contributed by atoms with Crippen molar-refractivity contribution in [1.82, 2.24) is 0 Å². The first-order chi connectivity index (χ1) is 12.3. The van der Waals surface area contributed by atoms with Crippen molar-refractivity contribution in [2.45, 2.75) is 84.3 Å². The molecule has 148 valence electrons. The SMILES string of the molecule is CC(C)=C(C)CCC(O)C=C[C@H]1CC[C@H](O)[C@@H]1CC=CCCCC(=O)O. The zero-order valence-electron chi connectivity index (χ0n) is 16.5. The summed E-state index contributed by atoms with van der Waals surface area (Å²) in [4.78, 5) is 10.5. The van der Waals surface area contributed by atoms with Crippen molar-refractivity contribution in [3.63, 3.8) is 0 Å². The second-order valence-electron chi connectivity index (χ2n) is 7.74. The lowest BCUT2D eigenvalue weighted by Gasteiger charge is -2.18. The predicted molar refractivity (Wildman–Crippen MR) is 106 cm³/mol. The number of carbonyl (C=O) groups is 1. The lowest BCUT2D eigenvalue weighted by atomic mass is 9.90. The van der Waals surface area contributed by atoms with Crippen LogP contribution in [0.2, 0.25) is 0 Å². The maximum Gasteiger partial charge on any atom is 0.303 e. The van der Waals surface area contributed by atoms with Gasteiger partial charge in [-0.3, -0.25) is 4.79 Å². The van der Waals surface area contributed by atoms with Crippen LogP contribution >= 0.6 is 0 Å². The van der Waals surface area contributed by atoms with Gasteiger partial charge in [0, 0.05) is 6.42 Å². The first kappa shape index (κ1) is 22.7. The molecule has 1 unspecified atom stereocenters. The zero-order chi connectivity index (χ0) is 19.5. The van der Waals surface area contributed by atoms with Gasteiger partial charge in [-0.1, -0.05) is 35.5 Å². The van der Waals surface area contributed by atoms with Crippen LogP contribution in [0.1, 0.15) is 72.1 Å². The van der Waals surface area contributed by atoms with Crippen LogP contribution in [0.25, 0.3) is 0 Å². The van der Waals surface area contributed by atoms with Gasteiger partial charge in [0.2, 0.25) is 0 Å². The number of aliphatic hydroxyl groups excluding tert-OH is 2. The van der Waals surface area contributed by atoms with Crippen molar-refractivity contribution >= 4 is 5.97 Å². The Balaban J connectivity index is 2.43. The molecule has 4 atom stereocenters. The quantitative estimate of drug-likeness (QED) is 0.369. The topological polar surface area (TPSA) is 77.8 Å². The van der Waals surface area contributed by atoms with Gasteiger partial charge in [-0.05, 0) is 77.6 Å². The number of carboxylic acids is 1. The average Bonchev–Trinajstić information content (AvgIpc) is 2.93. The van der Waals surface area contributed by atoms with E-state index in [4.69, 9.17) is 5.11 Å². The fourth-order valence-corrected chi connectivity index (χ4v) is 3.37. The smallest absolute Gasteiger partial charge is 0.303 e. The van der Waals surface area contributed by atoms with Gasteiger partial charge < -0.3 is 15.3 Å². The third kappa shape index (κ3) is 8.81. The van der Waals surface area contributed by atoms with Crippen molar-refractivity contribution in [1.29, 1.82) is 0 Å². The maximum atomic E-state index is 10.5. The first-order valence-corrected chi connectivity index (χ1v) is 9.85. The molecule has 0 aromatic rings. The molecule has 0 amide bonds. The monoisotopic (exact) mass is 364 g/mol. The van der Waals surface area contributed by atoms with Crippen LogP contribution in [0.3, 0.4) is 0 Å². The van der Waals surface area contributed by atoms with Gasteiger partial charge in [-0.2, -0.15) is 0 Å². The lowest BCUT2D eigenvalue weighted by molar-refractivity contribution is -0.137. The normalized spacial score (nSPS) is 24.4. The number of aliphatic hydroxyl groups is 2. The number of rotatable bonds is 11. The molecule has 0 aromatic carbocycles. The third-order valence-corrected chi connectivity index (χ3v) is 5.43. The summed E-state index contributed by atoms with van der Waals surface area (Å²) >= 11 is 0. The zero-order valence-corrected chi connectivity index (χ0v) is 16.5. The standard InChI is InChI=1S/C22H36O4/c1-16(2)17(3)10-13-19(23)14-11-18-12-15-21(24)20(18)8-6-4-5-7-9-22(25)26/h4,6,11,14,18-21,23-24H,5,7-10,12-13,15H2,1-3H3,(H,25,26)/t18-,19?,20+,21-/m0/s1. The molecule has 0 heterocycles. The third-order valence-electron chi connectivity index (χ3n) is 5.43. The summed E-state index contributed by atoms with van der Waals surface area (Å²) in [6.45, 7) is 6.30. The molecule has 0 radical (unpaired) electrons. The van der Waals surface area contributed by atoms with Gasteiger partial charge in [0.25, 0.3) is 0 Å². The van der Waals surface area contributed by atoms with E-state index in [-0.39, 0.29) is 18.4 Å². The van der Waals surface area contributed by atoms with E-state index < -0.39 is 12.1 Å². The minimum atomic E-state index is -0.756. The predicted octanol–water partition coefficient (Wildman–Crippen LogP) is 4.63. The van der Waals surface area contributed by atoms with E-state index in [9.17, 15) is 15.0 Å². The molecule has 3 N–H and O–H groups in total. The van der Waals surface area contributed by atoms with Crippen LogP contribution in [-0.4, -0.2) is 33.5 Å². The summed E-state index contributed by atoms with van der Waals surface area (Å²) in [7, 11) is 0. The Bertz CT molecular complexity index is 514. The van der Waals surface area contributed by atoms with Crippen LogP contribution in [0.15, 0.2) is 35.5 Å². The lowest BCUT2D eigenvalue weighted by Crippen LogP contribution is -2.17. The maximum absolute atomic E-state index is 10.5. The van der Waals surface area contributed by atoms with Gasteiger partial charge >= 0.3 is 5.97 Å². The summed E-state index contributed by atoms with van der Waals surface area (Å²) in [6.07, 6.45) is 13.1. The molecule has 0 spiro atoms. The summed E-state index contributed by atoms with van der Waals surface area (Å²) < 4.78 is 0. The summed E-state index contributed by atoms with van der Waals surface area (Å²) in [5, 5.41) is 29.0. The van der Waals surface area contributed by atoms with Crippen molar-refractivity contribution in [2.24, 2.45) is 11.8 Å². The Morgan fingerprint density at radius 2 is 1.88 bits per heavy atom. The van der Waals surface area contributed by atoms with E-state index in [2.05, 4.69) is 32.9 Å². The number of aliphatic carboxylic acids is 1.